The van der Waals surface area contributed by atoms with Crippen molar-refractivity contribution in [2.24, 2.45) is 0 Å². The van der Waals surface area contributed by atoms with Crippen LogP contribution in [0, 0.1) is 13.8 Å². The maximum atomic E-state index is 10.7. The fourth-order valence-corrected chi connectivity index (χ4v) is 3.20. The predicted octanol–water partition coefficient (Wildman–Crippen LogP) is 3.02. The number of nitrogens with zero attached hydrogens (tertiary/aromatic N) is 1. The number of carboxylic acid groups (broad SMARTS) is 1. The summed E-state index contributed by atoms with van der Waals surface area (Å²) in [7, 11) is 0. The molecule has 0 aromatic heterocycles. The van der Waals surface area contributed by atoms with Gasteiger partial charge in [-0.2, -0.15) is 0 Å². The molecule has 0 unspecified atom stereocenters. The summed E-state index contributed by atoms with van der Waals surface area (Å²) in [6.45, 7) is 6.63. The lowest BCUT2D eigenvalue weighted by molar-refractivity contribution is -0.137. The first-order chi connectivity index (χ1) is 10.5. The minimum absolute atomic E-state index is 0.213. The monoisotopic (exact) mass is 301 g/mol. The lowest BCUT2D eigenvalue weighted by Gasteiger charge is -2.42. The van der Waals surface area contributed by atoms with Gasteiger partial charge in [0.15, 0.2) is 0 Å². The molecule has 22 heavy (non-hydrogen) atoms. The molecule has 0 aliphatic carbocycles. The standard InChI is InChI=1S/C18H23NO3/c1-13-11-15-3-5-18(22-16(15)12-14(13)2)6-9-19(10-7-18)8-4-17(20)21/h3,5,11-12H,4,6-10H2,1-2H3,(H,20,21). The van der Waals surface area contributed by atoms with Gasteiger partial charge in [-0.25, -0.2) is 0 Å². The highest BCUT2D eigenvalue weighted by Crippen LogP contribution is 2.38. The van der Waals surface area contributed by atoms with Crippen molar-refractivity contribution >= 4 is 12.0 Å². The number of hydrogen-bond donors (Lipinski definition) is 1. The summed E-state index contributed by atoms with van der Waals surface area (Å²) < 4.78 is 6.34. The highest BCUT2D eigenvalue weighted by molar-refractivity contribution is 5.67. The maximum Gasteiger partial charge on any atom is 0.304 e. The largest absolute Gasteiger partial charge is 0.482 e. The van der Waals surface area contributed by atoms with E-state index >= 15 is 0 Å². The molecule has 0 bridgehead atoms. The van der Waals surface area contributed by atoms with Crippen LogP contribution in [0.1, 0.15) is 36.0 Å². The molecule has 4 nitrogen and oxygen atoms in total. The van der Waals surface area contributed by atoms with Gasteiger partial charge in [-0.15, -0.1) is 0 Å². The van der Waals surface area contributed by atoms with Crippen LogP contribution in [0.25, 0.3) is 6.08 Å². The average Bonchev–Trinajstić information content (AvgIpc) is 2.48. The predicted molar refractivity (Wildman–Crippen MR) is 86.2 cm³/mol. The molecule has 1 N–H and O–H groups in total. The van der Waals surface area contributed by atoms with E-state index in [-0.39, 0.29) is 12.0 Å². The van der Waals surface area contributed by atoms with Crippen molar-refractivity contribution in [3.63, 3.8) is 0 Å². The first-order valence-corrected chi connectivity index (χ1v) is 7.91. The summed E-state index contributed by atoms with van der Waals surface area (Å²) in [4.78, 5) is 12.9. The number of aryl methyl sites for hydroxylation is 2. The molecule has 4 heteroatoms. The molecular weight excluding hydrogens is 278 g/mol. The van der Waals surface area contributed by atoms with E-state index in [4.69, 9.17) is 9.84 Å². The molecule has 0 atom stereocenters. The molecule has 3 rings (SSSR count). The third-order valence-corrected chi connectivity index (χ3v) is 4.85. The van der Waals surface area contributed by atoms with Gasteiger partial charge in [-0.1, -0.05) is 6.08 Å². The van der Waals surface area contributed by atoms with E-state index < -0.39 is 5.97 Å². The van der Waals surface area contributed by atoms with E-state index in [1.165, 1.54) is 11.1 Å². The Morgan fingerprint density at radius 2 is 1.95 bits per heavy atom. The van der Waals surface area contributed by atoms with Crippen molar-refractivity contribution in [2.75, 3.05) is 19.6 Å². The van der Waals surface area contributed by atoms with Gasteiger partial charge in [0.2, 0.25) is 0 Å². The normalized spacial score (nSPS) is 19.7. The average molecular weight is 301 g/mol. The van der Waals surface area contributed by atoms with Crippen LogP contribution < -0.4 is 4.74 Å². The van der Waals surface area contributed by atoms with Crippen molar-refractivity contribution in [1.29, 1.82) is 0 Å². The Morgan fingerprint density at radius 1 is 1.27 bits per heavy atom. The summed E-state index contributed by atoms with van der Waals surface area (Å²) in [5, 5.41) is 8.78. The lowest BCUT2D eigenvalue weighted by atomic mass is 9.87. The molecule has 2 heterocycles. The Labute approximate surface area is 131 Å². The molecule has 2 aliphatic rings. The van der Waals surface area contributed by atoms with Gasteiger partial charge in [0.1, 0.15) is 11.4 Å². The third kappa shape index (κ3) is 3.02. The fraction of sp³-hybridized carbons (Fsp3) is 0.500. The van der Waals surface area contributed by atoms with Crippen molar-refractivity contribution < 1.29 is 14.6 Å². The second kappa shape index (κ2) is 5.76. The van der Waals surface area contributed by atoms with Crippen LogP contribution in [0.5, 0.6) is 5.75 Å². The highest BCUT2D eigenvalue weighted by atomic mass is 16.5. The molecule has 1 fully saturated rings. The topological polar surface area (TPSA) is 49.8 Å². The number of hydrogen-bond acceptors (Lipinski definition) is 3. The van der Waals surface area contributed by atoms with Crippen LogP contribution in [0.3, 0.4) is 0 Å². The van der Waals surface area contributed by atoms with E-state index in [9.17, 15) is 4.79 Å². The minimum Gasteiger partial charge on any atom is -0.482 e. The first kappa shape index (κ1) is 15.1. The Hall–Kier alpha value is -1.81. The second-order valence-corrected chi connectivity index (χ2v) is 6.46. The quantitative estimate of drug-likeness (QED) is 0.932. The minimum atomic E-state index is -0.728. The molecule has 1 aromatic carbocycles. The summed E-state index contributed by atoms with van der Waals surface area (Å²) in [5.41, 5.74) is 3.48. The SMILES string of the molecule is Cc1cc2c(cc1C)OC1(C=C2)CCN(CCC(=O)O)CC1. The van der Waals surface area contributed by atoms with Crippen molar-refractivity contribution in [1.82, 2.24) is 4.90 Å². The first-order valence-electron chi connectivity index (χ1n) is 7.91. The van der Waals surface area contributed by atoms with Crippen LogP contribution in [0.2, 0.25) is 0 Å². The molecular formula is C18H23NO3. The second-order valence-electron chi connectivity index (χ2n) is 6.46. The summed E-state index contributed by atoms with van der Waals surface area (Å²) in [5.74, 6) is 0.249. The molecule has 0 radical (unpaired) electrons. The van der Waals surface area contributed by atoms with Gasteiger partial charge in [-0.05, 0) is 43.2 Å². The van der Waals surface area contributed by atoms with Gasteiger partial charge in [0, 0.05) is 38.0 Å². The molecule has 1 aromatic rings. The van der Waals surface area contributed by atoms with Gasteiger partial charge >= 0.3 is 5.97 Å². The highest BCUT2D eigenvalue weighted by Gasteiger charge is 2.36. The molecule has 0 saturated carbocycles. The lowest BCUT2D eigenvalue weighted by Crippen LogP contribution is -2.48. The number of piperidine rings is 1. The number of benzene rings is 1. The molecule has 2 aliphatic heterocycles. The smallest absolute Gasteiger partial charge is 0.304 e. The zero-order valence-corrected chi connectivity index (χ0v) is 13.3. The Balaban J connectivity index is 1.68. The van der Waals surface area contributed by atoms with Crippen molar-refractivity contribution in [2.45, 2.75) is 38.7 Å². The van der Waals surface area contributed by atoms with Gasteiger partial charge < -0.3 is 14.7 Å². The van der Waals surface area contributed by atoms with Gasteiger partial charge in [0.05, 0.1) is 6.42 Å². The molecule has 1 saturated heterocycles. The van der Waals surface area contributed by atoms with Gasteiger partial charge in [0.25, 0.3) is 0 Å². The molecule has 0 amide bonds. The van der Waals surface area contributed by atoms with E-state index in [1.807, 2.05) is 0 Å². The number of rotatable bonds is 3. The summed E-state index contributed by atoms with van der Waals surface area (Å²) >= 11 is 0. The molecule has 1 spiro atoms. The zero-order chi connectivity index (χ0) is 15.7. The third-order valence-electron chi connectivity index (χ3n) is 4.85. The maximum absolute atomic E-state index is 10.7. The van der Waals surface area contributed by atoms with E-state index in [1.54, 1.807) is 0 Å². The van der Waals surface area contributed by atoms with Crippen molar-refractivity contribution in [3.05, 3.63) is 34.9 Å². The van der Waals surface area contributed by atoms with E-state index in [0.29, 0.717) is 6.54 Å². The number of aliphatic carboxylic acids is 1. The number of ether oxygens (including phenoxy) is 1. The van der Waals surface area contributed by atoms with Crippen molar-refractivity contribution in [3.8, 4) is 5.75 Å². The summed E-state index contributed by atoms with van der Waals surface area (Å²) in [6, 6.07) is 4.31. The van der Waals surface area contributed by atoms with Crippen LogP contribution >= 0.6 is 0 Å². The Bertz CT molecular complexity index is 613. The number of carbonyl (C=O) groups is 1. The van der Waals surface area contributed by atoms with Crippen LogP contribution in [-0.4, -0.2) is 41.2 Å². The Morgan fingerprint density at radius 3 is 2.64 bits per heavy atom. The van der Waals surface area contributed by atoms with Crippen LogP contribution in [0.4, 0.5) is 0 Å². The zero-order valence-electron chi connectivity index (χ0n) is 13.3. The molecule has 118 valence electrons. The number of fused-ring (bicyclic) bond motifs is 1. The number of carboxylic acids is 1. The van der Waals surface area contributed by atoms with Crippen LogP contribution in [0.15, 0.2) is 18.2 Å². The van der Waals surface area contributed by atoms with E-state index in [0.717, 1.165) is 37.2 Å². The van der Waals surface area contributed by atoms with E-state index in [2.05, 4.69) is 43.0 Å². The fourth-order valence-electron chi connectivity index (χ4n) is 3.20. The summed E-state index contributed by atoms with van der Waals surface area (Å²) in [6.07, 6.45) is 6.41. The van der Waals surface area contributed by atoms with Crippen LogP contribution in [-0.2, 0) is 4.79 Å². The Kier molecular flexibility index (Phi) is 3.96. The number of likely N-dealkylation sites (tertiary alicyclic amines) is 1. The van der Waals surface area contributed by atoms with Gasteiger partial charge in [-0.3, -0.25) is 4.79 Å².